The van der Waals surface area contributed by atoms with Gasteiger partial charge < -0.3 is 9.47 Å². The maximum atomic E-state index is 5.75. The van der Waals surface area contributed by atoms with Crippen LogP contribution in [0.3, 0.4) is 0 Å². The Kier molecular flexibility index (Phi) is 3.62. The lowest BCUT2D eigenvalue weighted by molar-refractivity contribution is -0.168. The summed E-state index contributed by atoms with van der Waals surface area (Å²) in [5.74, 6) is 0. The van der Waals surface area contributed by atoms with E-state index in [-0.39, 0.29) is 6.29 Å². The first kappa shape index (κ1) is 10.2. The van der Waals surface area contributed by atoms with Gasteiger partial charge in [-0.05, 0) is 41.0 Å². The van der Waals surface area contributed by atoms with Crippen LogP contribution in [-0.2, 0) is 16.1 Å². The normalized spacial score (nSPS) is 22.4. The van der Waals surface area contributed by atoms with Crippen LogP contribution in [0.25, 0.3) is 0 Å². The molecule has 4 heteroatoms. The summed E-state index contributed by atoms with van der Waals surface area (Å²) >= 11 is 1.55. The van der Waals surface area contributed by atoms with Crippen LogP contribution in [0.15, 0.2) is 11.4 Å². The first-order valence-corrected chi connectivity index (χ1v) is 5.79. The maximum Gasteiger partial charge on any atom is 0.158 e. The van der Waals surface area contributed by atoms with Gasteiger partial charge in [0.15, 0.2) is 6.29 Å². The smallest absolute Gasteiger partial charge is 0.158 e. The van der Waals surface area contributed by atoms with E-state index in [9.17, 15) is 0 Å². The van der Waals surface area contributed by atoms with Crippen molar-refractivity contribution in [2.24, 2.45) is 0 Å². The van der Waals surface area contributed by atoms with Crippen LogP contribution in [0, 0.1) is 0 Å². The molecule has 1 fully saturated rings. The molecule has 0 amide bonds. The van der Waals surface area contributed by atoms with E-state index in [4.69, 9.17) is 17.3 Å². The molecule has 2 nitrogen and oxygen atoms in total. The van der Waals surface area contributed by atoms with Gasteiger partial charge in [-0.25, -0.2) is 0 Å². The van der Waals surface area contributed by atoms with Crippen LogP contribution in [-0.4, -0.2) is 20.7 Å². The van der Waals surface area contributed by atoms with Gasteiger partial charge in [0.1, 0.15) is 7.85 Å². The highest BCUT2D eigenvalue weighted by Crippen LogP contribution is 2.15. The van der Waals surface area contributed by atoms with E-state index >= 15 is 0 Å². The Morgan fingerprint density at radius 2 is 2.50 bits per heavy atom. The summed E-state index contributed by atoms with van der Waals surface area (Å²) < 4.78 is 11.9. The summed E-state index contributed by atoms with van der Waals surface area (Å²) in [5.41, 5.74) is 1.07. The highest BCUT2D eigenvalue weighted by Gasteiger charge is 2.14. The number of thiophene rings is 1. The van der Waals surface area contributed by atoms with Gasteiger partial charge in [0.05, 0.1) is 6.61 Å². The summed E-state index contributed by atoms with van der Waals surface area (Å²) in [7, 11) is 5.75. The highest BCUT2D eigenvalue weighted by molar-refractivity contribution is 7.18. The summed E-state index contributed by atoms with van der Waals surface area (Å²) in [6.07, 6.45) is 3.33. The van der Waals surface area contributed by atoms with Crippen molar-refractivity contribution < 1.29 is 9.47 Å². The molecule has 1 atom stereocenters. The highest BCUT2D eigenvalue weighted by atomic mass is 32.1. The van der Waals surface area contributed by atoms with Crippen LogP contribution in [0.4, 0.5) is 0 Å². The van der Waals surface area contributed by atoms with E-state index < -0.39 is 0 Å². The zero-order valence-corrected chi connectivity index (χ0v) is 8.89. The molecule has 0 spiro atoms. The minimum absolute atomic E-state index is 0.0250. The molecule has 1 aliphatic heterocycles. The molecular formula is C10H13BO2S. The van der Waals surface area contributed by atoms with E-state index in [1.165, 1.54) is 6.42 Å². The van der Waals surface area contributed by atoms with Crippen LogP contribution in [0.1, 0.15) is 24.8 Å². The van der Waals surface area contributed by atoms with Crippen molar-refractivity contribution in [2.45, 2.75) is 32.2 Å². The fourth-order valence-corrected chi connectivity index (χ4v) is 2.15. The second-order valence-corrected chi connectivity index (χ2v) is 4.36. The Labute approximate surface area is 89.6 Å². The number of hydrogen-bond acceptors (Lipinski definition) is 3. The molecule has 14 heavy (non-hydrogen) atoms. The predicted molar refractivity (Wildman–Crippen MR) is 58.1 cm³/mol. The Morgan fingerprint density at radius 1 is 1.57 bits per heavy atom. The van der Waals surface area contributed by atoms with Crippen molar-refractivity contribution in [1.29, 1.82) is 0 Å². The van der Waals surface area contributed by atoms with Crippen molar-refractivity contribution >= 4 is 24.0 Å². The quantitative estimate of drug-likeness (QED) is 0.702. The Balaban J connectivity index is 1.79. The molecule has 1 aromatic rings. The van der Waals surface area contributed by atoms with Gasteiger partial charge in [0.2, 0.25) is 0 Å². The Hall–Kier alpha value is -0.315. The molecule has 0 aliphatic carbocycles. The fourth-order valence-electron chi connectivity index (χ4n) is 1.49. The van der Waals surface area contributed by atoms with E-state index in [2.05, 4.69) is 0 Å². The molecule has 1 aromatic heterocycles. The van der Waals surface area contributed by atoms with Gasteiger partial charge >= 0.3 is 0 Å². The Bertz CT molecular complexity index is 281. The molecule has 1 unspecified atom stereocenters. The fraction of sp³-hybridized carbons (Fsp3) is 0.600. The van der Waals surface area contributed by atoms with Gasteiger partial charge in [0.25, 0.3) is 0 Å². The third-order valence-electron chi connectivity index (χ3n) is 2.34. The van der Waals surface area contributed by atoms with E-state index in [1.54, 1.807) is 11.3 Å². The topological polar surface area (TPSA) is 18.5 Å². The molecule has 1 saturated heterocycles. The Morgan fingerprint density at radius 3 is 3.14 bits per heavy atom. The minimum atomic E-state index is -0.0250. The third-order valence-corrected chi connectivity index (χ3v) is 3.13. The van der Waals surface area contributed by atoms with E-state index in [0.29, 0.717) is 6.61 Å². The molecule has 0 N–H and O–H groups in total. The third kappa shape index (κ3) is 2.59. The summed E-state index contributed by atoms with van der Waals surface area (Å²) in [6.45, 7) is 1.39. The van der Waals surface area contributed by atoms with Gasteiger partial charge in [0, 0.05) is 6.61 Å². The first-order valence-electron chi connectivity index (χ1n) is 4.91. The molecular weight excluding hydrogens is 195 g/mol. The van der Waals surface area contributed by atoms with E-state index in [0.717, 1.165) is 29.8 Å². The molecule has 0 aromatic carbocycles. The molecule has 2 heterocycles. The van der Waals surface area contributed by atoms with Gasteiger partial charge in [-0.3, -0.25) is 0 Å². The summed E-state index contributed by atoms with van der Waals surface area (Å²) in [6, 6.07) is 2.00. The zero-order valence-electron chi connectivity index (χ0n) is 8.07. The lowest BCUT2D eigenvalue weighted by Crippen LogP contribution is -2.22. The van der Waals surface area contributed by atoms with Gasteiger partial charge in [-0.2, -0.15) is 11.3 Å². The zero-order chi connectivity index (χ0) is 9.80. The second-order valence-electron chi connectivity index (χ2n) is 3.42. The SMILES string of the molecule is [B]c1sccc1COC1CCCCO1. The lowest BCUT2D eigenvalue weighted by atomic mass is 10.0. The molecule has 2 radical (unpaired) electrons. The largest absolute Gasteiger partial charge is 0.353 e. The molecule has 0 saturated carbocycles. The summed E-state index contributed by atoms with van der Waals surface area (Å²) in [5, 5.41) is 1.98. The average molecular weight is 208 g/mol. The molecule has 74 valence electrons. The van der Waals surface area contributed by atoms with Crippen LogP contribution in [0.2, 0.25) is 0 Å². The van der Waals surface area contributed by atoms with Crippen LogP contribution < -0.4 is 4.78 Å². The van der Waals surface area contributed by atoms with Crippen molar-refractivity contribution in [3.8, 4) is 0 Å². The number of rotatable bonds is 3. The first-order chi connectivity index (χ1) is 6.86. The number of hydrogen-bond donors (Lipinski definition) is 0. The predicted octanol–water partition coefficient (Wildman–Crippen LogP) is 1.59. The maximum absolute atomic E-state index is 5.75. The van der Waals surface area contributed by atoms with Crippen molar-refractivity contribution in [3.05, 3.63) is 17.0 Å². The molecule has 1 aliphatic rings. The van der Waals surface area contributed by atoms with E-state index in [1.807, 2.05) is 11.4 Å². The second kappa shape index (κ2) is 4.96. The van der Waals surface area contributed by atoms with Gasteiger partial charge in [-0.15, -0.1) is 0 Å². The van der Waals surface area contributed by atoms with Crippen molar-refractivity contribution in [2.75, 3.05) is 6.61 Å². The van der Waals surface area contributed by atoms with Crippen LogP contribution in [0.5, 0.6) is 0 Å². The van der Waals surface area contributed by atoms with Crippen LogP contribution >= 0.6 is 11.3 Å². The molecule has 2 rings (SSSR count). The van der Waals surface area contributed by atoms with Gasteiger partial charge in [-0.1, -0.05) is 0 Å². The standard InChI is InChI=1S/C10H13BO2S/c11-10-8(4-6-14-10)7-13-9-3-1-2-5-12-9/h4,6,9H,1-3,5,7H2. The number of ether oxygens (including phenoxy) is 2. The average Bonchev–Trinajstić information content (AvgIpc) is 2.63. The monoisotopic (exact) mass is 208 g/mol. The minimum Gasteiger partial charge on any atom is -0.353 e. The summed E-state index contributed by atoms with van der Waals surface area (Å²) in [4.78, 5) is 0. The van der Waals surface area contributed by atoms with Crippen molar-refractivity contribution in [1.82, 2.24) is 0 Å². The lowest BCUT2D eigenvalue weighted by Gasteiger charge is -2.22. The van der Waals surface area contributed by atoms with Crippen molar-refractivity contribution in [3.63, 3.8) is 0 Å². The molecule has 0 bridgehead atoms.